The van der Waals surface area contributed by atoms with Crippen LogP contribution in [-0.4, -0.2) is 16.5 Å². The highest BCUT2D eigenvalue weighted by Crippen LogP contribution is 2.25. The van der Waals surface area contributed by atoms with E-state index in [1.54, 1.807) is 0 Å². The number of halogens is 3. The van der Waals surface area contributed by atoms with Crippen molar-refractivity contribution in [3.05, 3.63) is 45.9 Å². The van der Waals surface area contributed by atoms with E-state index >= 15 is 0 Å². The molecule has 108 valence electrons. The largest absolute Gasteiger partial charge is 0.573 e. The van der Waals surface area contributed by atoms with E-state index in [9.17, 15) is 18.3 Å². The average Bonchev–Trinajstić information content (AvgIpc) is 2.77. The maximum atomic E-state index is 12.0. The summed E-state index contributed by atoms with van der Waals surface area (Å²) in [5.41, 5.74) is 1.54. The first-order valence-electron chi connectivity index (χ1n) is 5.78. The minimum Gasteiger partial charge on any atom is -0.406 e. The summed E-state index contributed by atoms with van der Waals surface area (Å²) in [6, 6.07) is 5.43. The molecule has 0 fully saturated rings. The van der Waals surface area contributed by atoms with Gasteiger partial charge in [0, 0.05) is 17.5 Å². The minimum atomic E-state index is -4.69. The average molecular weight is 303 g/mol. The van der Waals surface area contributed by atoms with Crippen LogP contribution >= 0.6 is 11.3 Å². The van der Waals surface area contributed by atoms with E-state index in [-0.39, 0.29) is 5.75 Å². The first kappa shape index (κ1) is 14.8. The van der Waals surface area contributed by atoms with Gasteiger partial charge in [0.05, 0.1) is 0 Å². The number of aryl methyl sites for hydroxylation is 1. The highest BCUT2D eigenvalue weighted by atomic mass is 32.1. The molecule has 0 saturated carbocycles. The molecule has 0 spiro atoms. The Kier molecular flexibility index (Phi) is 4.29. The Labute approximate surface area is 117 Å². The van der Waals surface area contributed by atoms with E-state index in [0.29, 0.717) is 17.0 Å². The lowest BCUT2D eigenvalue weighted by Gasteiger charge is -2.10. The van der Waals surface area contributed by atoms with E-state index in [2.05, 4.69) is 9.72 Å². The number of alkyl halides is 3. The molecule has 1 N–H and O–H groups in total. The fraction of sp³-hybridized carbons (Fsp3) is 0.308. The molecule has 1 heterocycles. The van der Waals surface area contributed by atoms with E-state index in [0.717, 1.165) is 5.69 Å². The first-order valence-corrected chi connectivity index (χ1v) is 6.66. The van der Waals surface area contributed by atoms with E-state index < -0.39 is 12.5 Å². The molecule has 1 aromatic carbocycles. The van der Waals surface area contributed by atoms with Gasteiger partial charge in [-0.2, -0.15) is 0 Å². The van der Waals surface area contributed by atoms with E-state index in [4.69, 9.17) is 0 Å². The van der Waals surface area contributed by atoms with Crippen LogP contribution in [0.2, 0.25) is 0 Å². The van der Waals surface area contributed by atoms with Gasteiger partial charge in [0.15, 0.2) is 0 Å². The number of aliphatic hydroxyl groups is 1. The lowest BCUT2D eigenvalue weighted by atomic mass is 10.1. The fourth-order valence-corrected chi connectivity index (χ4v) is 2.44. The van der Waals surface area contributed by atoms with Gasteiger partial charge in [-0.1, -0.05) is 12.1 Å². The lowest BCUT2D eigenvalue weighted by molar-refractivity contribution is -0.274. The Bertz CT molecular complexity index is 566. The number of hydrogen-bond donors (Lipinski definition) is 1. The summed E-state index contributed by atoms with van der Waals surface area (Å²) in [6.07, 6.45) is -5.17. The number of aromatic nitrogens is 1. The zero-order valence-corrected chi connectivity index (χ0v) is 11.3. The van der Waals surface area contributed by atoms with Crippen molar-refractivity contribution in [2.24, 2.45) is 0 Å². The molecule has 2 rings (SSSR count). The molecule has 3 nitrogen and oxygen atoms in total. The van der Waals surface area contributed by atoms with Crippen LogP contribution in [0.4, 0.5) is 13.2 Å². The van der Waals surface area contributed by atoms with Crippen LogP contribution in [-0.2, 0) is 6.42 Å². The van der Waals surface area contributed by atoms with E-state index in [1.165, 1.54) is 35.6 Å². The second-order valence-corrected chi connectivity index (χ2v) is 5.13. The lowest BCUT2D eigenvalue weighted by Crippen LogP contribution is -2.17. The zero-order valence-electron chi connectivity index (χ0n) is 10.5. The van der Waals surface area contributed by atoms with Crippen LogP contribution in [0.25, 0.3) is 0 Å². The van der Waals surface area contributed by atoms with Gasteiger partial charge in [0.1, 0.15) is 16.9 Å². The Morgan fingerprint density at radius 3 is 2.45 bits per heavy atom. The van der Waals surface area contributed by atoms with Gasteiger partial charge < -0.3 is 9.84 Å². The van der Waals surface area contributed by atoms with Crippen molar-refractivity contribution in [3.8, 4) is 5.75 Å². The predicted octanol–water partition coefficient (Wildman–Crippen LogP) is 3.63. The van der Waals surface area contributed by atoms with Crippen molar-refractivity contribution < 1.29 is 23.0 Å². The quantitative estimate of drug-likeness (QED) is 0.938. The van der Waals surface area contributed by atoms with Gasteiger partial charge in [-0.05, 0) is 24.6 Å². The van der Waals surface area contributed by atoms with Crippen molar-refractivity contribution in [2.75, 3.05) is 0 Å². The third kappa shape index (κ3) is 4.21. The van der Waals surface area contributed by atoms with Crippen molar-refractivity contribution >= 4 is 11.3 Å². The summed E-state index contributed by atoms with van der Waals surface area (Å²) in [4.78, 5) is 4.17. The maximum absolute atomic E-state index is 12.0. The molecule has 0 aliphatic rings. The third-order valence-corrected chi connectivity index (χ3v) is 3.57. The van der Waals surface area contributed by atoms with Gasteiger partial charge in [-0.25, -0.2) is 4.98 Å². The smallest absolute Gasteiger partial charge is 0.406 e. The van der Waals surface area contributed by atoms with Gasteiger partial charge in [0.25, 0.3) is 0 Å². The van der Waals surface area contributed by atoms with Crippen molar-refractivity contribution in [3.63, 3.8) is 0 Å². The number of benzene rings is 1. The topological polar surface area (TPSA) is 42.4 Å². The monoisotopic (exact) mass is 303 g/mol. The molecule has 20 heavy (non-hydrogen) atoms. The van der Waals surface area contributed by atoms with Crippen molar-refractivity contribution in [1.29, 1.82) is 0 Å². The summed E-state index contributed by atoms with van der Waals surface area (Å²) in [7, 11) is 0. The molecule has 0 radical (unpaired) electrons. The molecule has 1 atom stereocenters. The number of nitrogens with zero attached hydrogens (tertiary/aromatic N) is 1. The van der Waals surface area contributed by atoms with Crippen LogP contribution in [0.15, 0.2) is 29.6 Å². The van der Waals surface area contributed by atoms with Crippen LogP contribution in [0.1, 0.15) is 22.4 Å². The van der Waals surface area contributed by atoms with Gasteiger partial charge >= 0.3 is 6.36 Å². The molecule has 7 heteroatoms. The molecular formula is C13H12F3NO2S. The molecular weight excluding hydrogens is 291 g/mol. The second kappa shape index (κ2) is 5.80. The van der Waals surface area contributed by atoms with Crippen molar-refractivity contribution in [1.82, 2.24) is 4.98 Å². The molecule has 1 unspecified atom stereocenters. The SMILES string of the molecule is Cc1csc(C(O)Cc2ccc(OC(F)(F)F)cc2)n1. The summed E-state index contributed by atoms with van der Waals surface area (Å²) < 4.78 is 39.8. The van der Waals surface area contributed by atoms with Gasteiger partial charge in [-0.3, -0.25) is 0 Å². The molecule has 1 aromatic heterocycles. The molecule has 0 bridgehead atoms. The third-order valence-electron chi connectivity index (χ3n) is 2.51. The van der Waals surface area contributed by atoms with Crippen LogP contribution < -0.4 is 4.74 Å². The summed E-state index contributed by atoms with van der Waals surface area (Å²) in [5.74, 6) is -0.277. The molecule has 0 amide bonds. The highest BCUT2D eigenvalue weighted by Gasteiger charge is 2.30. The second-order valence-electron chi connectivity index (χ2n) is 4.24. The Hall–Kier alpha value is -1.60. The minimum absolute atomic E-state index is 0.277. The van der Waals surface area contributed by atoms with Crippen LogP contribution in [0.3, 0.4) is 0 Å². The van der Waals surface area contributed by atoms with Crippen molar-refractivity contribution in [2.45, 2.75) is 25.8 Å². The molecule has 0 aliphatic carbocycles. The number of aliphatic hydroxyl groups excluding tert-OH is 1. The summed E-state index contributed by atoms with van der Waals surface area (Å²) in [6.45, 7) is 1.83. The molecule has 0 saturated heterocycles. The Morgan fingerprint density at radius 2 is 1.95 bits per heavy atom. The predicted molar refractivity (Wildman–Crippen MR) is 68.6 cm³/mol. The number of hydrogen-bond acceptors (Lipinski definition) is 4. The maximum Gasteiger partial charge on any atom is 0.573 e. The number of rotatable bonds is 4. The van der Waals surface area contributed by atoms with E-state index in [1.807, 2.05) is 12.3 Å². The van der Waals surface area contributed by atoms with Gasteiger partial charge in [0.2, 0.25) is 0 Å². The molecule has 0 aliphatic heterocycles. The summed E-state index contributed by atoms with van der Waals surface area (Å²) in [5, 5.41) is 12.4. The van der Waals surface area contributed by atoms with Crippen LogP contribution in [0.5, 0.6) is 5.75 Å². The molecule has 2 aromatic rings. The highest BCUT2D eigenvalue weighted by molar-refractivity contribution is 7.09. The summed E-state index contributed by atoms with van der Waals surface area (Å²) >= 11 is 1.35. The number of thiazole rings is 1. The fourth-order valence-electron chi connectivity index (χ4n) is 1.66. The first-order chi connectivity index (χ1) is 9.33. The Morgan fingerprint density at radius 1 is 1.30 bits per heavy atom. The van der Waals surface area contributed by atoms with Crippen LogP contribution in [0, 0.1) is 6.92 Å². The number of ether oxygens (including phenoxy) is 1. The Balaban J connectivity index is 2.00. The van der Waals surface area contributed by atoms with Gasteiger partial charge in [-0.15, -0.1) is 24.5 Å². The standard InChI is InChI=1S/C13H12F3NO2S/c1-8-7-20-12(17-8)11(18)6-9-2-4-10(5-3-9)19-13(14,15)16/h2-5,7,11,18H,6H2,1H3. The normalized spacial score (nSPS) is 13.2. The zero-order chi connectivity index (χ0) is 14.8.